The van der Waals surface area contributed by atoms with Crippen LogP contribution in [0.5, 0.6) is 0 Å². The van der Waals surface area contributed by atoms with Crippen LogP contribution in [0.15, 0.2) is 51.8 Å². The minimum absolute atomic E-state index is 0.459. The van der Waals surface area contributed by atoms with Gasteiger partial charge in [0.25, 0.3) is 0 Å². The minimum Gasteiger partial charge on any atom is -0.463 e. The number of aromatic nitrogens is 3. The third-order valence-corrected chi connectivity index (χ3v) is 2.08. The Kier molecular flexibility index (Phi) is 2.00. The molecule has 5 nitrogen and oxygen atoms in total. The zero-order valence-electron chi connectivity index (χ0n) is 8.20. The maximum Gasteiger partial charge on any atom is 0.217 e. The fourth-order valence-corrected chi connectivity index (χ4v) is 1.33. The predicted molar refractivity (Wildman–Crippen MR) is 55.2 cm³/mol. The first-order valence-electron chi connectivity index (χ1n) is 4.71. The number of hydrogen-bond acceptors (Lipinski definition) is 5. The van der Waals surface area contributed by atoms with Crippen LogP contribution in [-0.4, -0.2) is 15.2 Å². The summed E-state index contributed by atoms with van der Waals surface area (Å²) in [5, 5.41) is 7.97. The molecule has 0 fully saturated rings. The summed E-state index contributed by atoms with van der Waals surface area (Å²) in [7, 11) is 0. The monoisotopic (exact) mass is 213 g/mol. The molecule has 0 aromatic carbocycles. The molecule has 16 heavy (non-hydrogen) atoms. The molecular formula is C11H7N3O2. The van der Waals surface area contributed by atoms with Crippen molar-refractivity contribution < 1.29 is 8.83 Å². The predicted octanol–water partition coefficient (Wildman–Crippen LogP) is 2.39. The van der Waals surface area contributed by atoms with Gasteiger partial charge in [0.2, 0.25) is 5.82 Å². The van der Waals surface area contributed by atoms with E-state index in [-0.39, 0.29) is 0 Å². The van der Waals surface area contributed by atoms with Crippen LogP contribution in [0.4, 0.5) is 0 Å². The van der Waals surface area contributed by atoms with Gasteiger partial charge in [-0.15, -0.1) is 10.2 Å². The molecule has 0 saturated carbocycles. The van der Waals surface area contributed by atoms with E-state index in [4.69, 9.17) is 8.83 Å². The molecular weight excluding hydrogens is 206 g/mol. The molecule has 0 bridgehead atoms. The molecule has 0 aliphatic carbocycles. The first-order chi connectivity index (χ1) is 7.93. The fourth-order valence-electron chi connectivity index (χ4n) is 1.33. The smallest absolute Gasteiger partial charge is 0.217 e. The quantitative estimate of drug-likeness (QED) is 0.653. The Bertz CT molecular complexity index is 503. The van der Waals surface area contributed by atoms with Gasteiger partial charge in [-0.1, -0.05) is 0 Å². The molecule has 0 aliphatic rings. The molecule has 0 saturated heterocycles. The van der Waals surface area contributed by atoms with Crippen molar-refractivity contribution in [3.8, 4) is 23.0 Å². The van der Waals surface area contributed by atoms with Crippen molar-refractivity contribution >= 4 is 0 Å². The Labute approximate surface area is 90.8 Å². The van der Waals surface area contributed by atoms with Crippen LogP contribution in [-0.2, 0) is 0 Å². The molecule has 3 aromatic heterocycles. The van der Waals surface area contributed by atoms with Crippen molar-refractivity contribution in [2.75, 3.05) is 0 Å². The highest BCUT2D eigenvalue weighted by molar-refractivity contribution is 5.52. The first kappa shape index (κ1) is 8.84. The SMILES string of the molecule is c1coc(-c2cnc(-c3ccco3)nn2)c1. The van der Waals surface area contributed by atoms with Crippen LogP contribution in [0.3, 0.4) is 0 Å². The molecule has 0 spiro atoms. The van der Waals surface area contributed by atoms with Crippen LogP contribution in [0.2, 0.25) is 0 Å². The summed E-state index contributed by atoms with van der Waals surface area (Å²) in [5.74, 6) is 1.70. The van der Waals surface area contributed by atoms with E-state index in [0.717, 1.165) is 0 Å². The normalized spacial score (nSPS) is 10.5. The molecule has 0 N–H and O–H groups in total. The molecule has 3 aromatic rings. The van der Waals surface area contributed by atoms with E-state index in [2.05, 4.69) is 15.2 Å². The van der Waals surface area contributed by atoms with Gasteiger partial charge in [-0.2, -0.15) is 0 Å². The van der Waals surface area contributed by atoms with Gasteiger partial charge in [0, 0.05) is 0 Å². The first-order valence-corrected chi connectivity index (χ1v) is 4.71. The van der Waals surface area contributed by atoms with Gasteiger partial charge in [-0.3, -0.25) is 0 Å². The van der Waals surface area contributed by atoms with E-state index in [1.807, 2.05) is 0 Å². The van der Waals surface area contributed by atoms with Crippen LogP contribution < -0.4 is 0 Å². The number of nitrogens with zero attached hydrogens (tertiary/aromatic N) is 3. The lowest BCUT2D eigenvalue weighted by atomic mass is 10.3. The van der Waals surface area contributed by atoms with Gasteiger partial charge < -0.3 is 8.83 Å². The standard InChI is InChI=1S/C11H7N3O2/c1-3-9(15-5-1)8-7-12-11(14-13-8)10-4-2-6-16-10/h1-7H. The van der Waals surface area contributed by atoms with Crippen molar-refractivity contribution in [1.29, 1.82) is 0 Å². The third kappa shape index (κ3) is 1.48. The third-order valence-electron chi connectivity index (χ3n) is 2.08. The van der Waals surface area contributed by atoms with Crippen molar-refractivity contribution in [1.82, 2.24) is 15.2 Å². The second kappa shape index (κ2) is 3.62. The summed E-state index contributed by atoms with van der Waals surface area (Å²) in [6.07, 6.45) is 4.75. The zero-order chi connectivity index (χ0) is 10.8. The van der Waals surface area contributed by atoms with E-state index in [1.54, 1.807) is 43.0 Å². The Morgan fingerprint density at radius 2 is 1.62 bits per heavy atom. The zero-order valence-corrected chi connectivity index (χ0v) is 8.20. The van der Waals surface area contributed by atoms with E-state index in [1.165, 1.54) is 0 Å². The summed E-state index contributed by atoms with van der Waals surface area (Å²) in [5.41, 5.74) is 0.598. The summed E-state index contributed by atoms with van der Waals surface area (Å²) in [4.78, 5) is 4.15. The van der Waals surface area contributed by atoms with Crippen molar-refractivity contribution in [3.63, 3.8) is 0 Å². The van der Waals surface area contributed by atoms with Crippen LogP contribution in [0, 0.1) is 0 Å². The lowest BCUT2D eigenvalue weighted by Gasteiger charge is -1.95. The summed E-state index contributed by atoms with van der Waals surface area (Å²) >= 11 is 0. The molecule has 78 valence electrons. The van der Waals surface area contributed by atoms with Gasteiger partial charge in [-0.25, -0.2) is 4.98 Å². The van der Waals surface area contributed by atoms with Gasteiger partial charge in [0.15, 0.2) is 11.5 Å². The molecule has 3 rings (SSSR count). The maximum atomic E-state index is 5.18. The Balaban J connectivity index is 1.97. The van der Waals surface area contributed by atoms with Crippen LogP contribution in [0.1, 0.15) is 0 Å². The Morgan fingerprint density at radius 1 is 0.875 bits per heavy atom. The molecule has 3 heterocycles. The maximum absolute atomic E-state index is 5.18. The average Bonchev–Trinajstić information content (AvgIpc) is 3.03. The second-order valence-corrected chi connectivity index (χ2v) is 3.12. The van der Waals surface area contributed by atoms with Gasteiger partial charge in [0.1, 0.15) is 5.69 Å². The molecule has 0 unspecified atom stereocenters. The summed E-state index contributed by atoms with van der Waals surface area (Å²) < 4.78 is 10.3. The minimum atomic E-state index is 0.459. The molecule has 0 amide bonds. The van der Waals surface area contributed by atoms with Crippen molar-refractivity contribution in [3.05, 3.63) is 43.0 Å². The summed E-state index contributed by atoms with van der Waals surface area (Å²) in [6.45, 7) is 0. The lowest BCUT2D eigenvalue weighted by molar-refractivity contribution is 0.571. The van der Waals surface area contributed by atoms with E-state index in [0.29, 0.717) is 23.0 Å². The number of furan rings is 2. The van der Waals surface area contributed by atoms with Crippen molar-refractivity contribution in [2.24, 2.45) is 0 Å². The molecule has 5 heteroatoms. The largest absolute Gasteiger partial charge is 0.463 e. The topological polar surface area (TPSA) is 65.0 Å². The molecule has 0 radical (unpaired) electrons. The fraction of sp³-hybridized carbons (Fsp3) is 0. The van der Waals surface area contributed by atoms with E-state index in [9.17, 15) is 0 Å². The molecule has 0 aliphatic heterocycles. The van der Waals surface area contributed by atoms with Gasteiger partial charge in [0.05, 0.1) is 18.7 Å². The molecule has 0 atom stereocenters. The highest BCUT2D eigenvalue weighted by Gasteiger charge is 2.07. The van der Waals surface area contributed by atoms with Crippen LogP contribution >= 0.6 is 0 Å². The van der Waals surface area contributed by atoms with Crippen LogP contribution in [0.25, 0.3) is 23.0 Å². The number of hydrogen-bond donors (Lipinski definition) is 0. The lowest BCUT2D eigenvalue weighted by Crippen LogP contribution is -1.92. The second-order valence-electron chi connectivity index (χ2n) is 3.12. The average molecular weight is 213 g/mol. The Hall–Kier alpha value is -2.43. The van der Waals surface area contributed by atoms with Crippen molar-refractivity contribution in [2.45, 2.75) is 0 Å². The highest BCUT2D eigenvalue weighted by Crippen LogP contribution is 2.18. The van der Waals surface area contributed by atoms with E-state index < -0.39 is 0 Å². The van der Waals surface area contributed by atoms with E-state index >= 15 is 0 Å². The Morgan fingerprint density at radius 3 is 2.19 bits per heavy atom. The van der Waals surface area contributed by atoms with Gasteiger partial charge in [-0.05, 0) is 24.3 Å². The van der Waals surface area contributed by atoms with Gasteiger partial charge >= 0.3 is 0 Å². The number of rotatable bonds is 2. The highest BCUT2D eigenvalue weighted by atomic mass is 16.3. The summed E-state index contributed by atoms with van der Waals surface area (Å²) in [6, 6.07) is 7.15.